The predicted octanol–water partition coefficient (Wildman–Crippen LogP) is 0.984. The number of nitrogens with zero attached hydrogens (tertiary/aromatic N) is 2. The Morgan fingerprint density at radius 2 is 2.18 bits per heavy atom. The summed E-state index contributed by atoms with van der Waals surface area (Å²) in [5.41, 5.74) is 6.29. The van der Waals surface area contributed by atoms with E-state index in [-0.39, 0.29) is 24.3 Å². The van der Waals surface area contributed by atoms with Crippen LogP contribution in [-0.2, 0) is 16.1 Å². The van der Waals surface area contributed by atoms with Gasteiger partial charge in [0.1, 0.15) is 12.3 Å². The van der Waals surface area contributed by atoms with Crippen molar-refractivity contribution in [1.82, 2.24) is 9.47 Å². The minimum absolute atomic E-state index is 0.0112. The number of hydrogen-bond acceptors (Lipinski definition) is 3. The number of hydrogen-bond donors (Lipinski definition) is 1. The fourth-order valence-electron chi connectivity index (χ4n) is 2.91. The highest BCUT2D eigenvalue weighted by atomic mass is 16.5. The first-order valence-electron chi connectivity index (χ1n) is 7.28. The van der Waals surface area contributed by atoms with Gasteiger partial charge in [0.25, 0.3) is 0 Å². The third-order valence-corrected chi connectivity index (χ3v) is 4.23. The SMILES string of the molecule is COc1ccc2c(ccn2CC(=O)N2CC[C@H](C(N)=O)C2)c1. The fraction of sp³-hybridized carbons (Fsp3) is 0.375. The molecule has 1 aliphatic heterocycles. The second-order valence-corrected chi connectivity index (χ2v) is 5.60. The van der Waals surface area contributed by atoms with Crippen LogP contribution >= 0.6 is 0 Å². The van der Waals surface area contributed by atoms with Gasteiger partial charge in [-0.3, -0.25) is 9.59 Å². The number of methoxy groups -OCH3 is 1. The quantitative estimate of drug-likeness (QED) is 0.914. The Labute approximate surface area is 128 Å². The number of aromatic nitrogens is 1. The zero-order valence-corrected chi connectivity index (χ0v) is 12.5. The van der Waals surface area contributed by atoms with Crippen LogP contribution in [0.1, 0.15) is 6.42 Å². The summed E-state index contributed by atoms with van der Waals surface area (Å²) in [6.45, 7) is 1.29. The summed E-state index contributed by atoms with van der Waals surface area (Å²) in [6, 6.07) is 7.72. The van der Waals surface area contributed by atoms with Gasteiger partial charge in [0, 0.05) is 30.2 Å². The first-order chi connectivity index (χ1) is 10.6. The zero-order chi connectivity index (χ0) is 15.7. The van der Waals surface area contributed by atoms with E-state index in [1.165, 1.54) is 0 Å². The highest BCUT2D eigenvalue weighted by Crippen LogP contribution is 2.22. The van der Waals surface area contributed by atoms with Crippen LogP contribution in [0.2, 0.25) is 0 Å². The highest BCUT2D eigenvalue weighted by Gasteiger charge is 2.29. The van der Waals surface area contributed by atoms with Gasteiger partial charge in [-0.05, 0) is 30.7 Å². The van der Waals surface area contributed by atoms with Crippen LogP contribution in [0.15, 0.2) is 30.5 Å². The summed E-state index contributed by atoms with van der Waals surface area (Å²) in [5.74, 6) is 0.265. The van der Waals surface area contributed by atoms with E-state index in [4.69, 9.17) is 10.5 Å². The number of carbonyl (C=O) groups excluding carboxylic acids is 2. The Hall–Kier alpha value is -2.50. The fourth-order valence-corrected chi connectivity index (χ4v) is 2.91. The number of amides is 2. The van der Waals surface area contributed by atoms with E-state index in [1.807, 2.05) is 35.0 Å². The maximum atomic E-state index is 12.4. The molecule has 1 atom stereocenters. The number of rotatable bonds is 4. The molecule has 1 aliphatic rings. The highest BCUT2D eigenvalue weighted by molar-refractivity contribution is 5.85. The van der Waals surface area contributed by atoms with E-state index < -0.39 is 0 Å². The van der Waals surface area contributed by atoms with Crippen LogP contribution in [0.4, 0.5) is 0 Å². The van der Waals surface area contributed by atoms with E-state index in [0.717, 1.165) is 16.7 Å². The molecular formula is C16H19N3O3. The molecule has 1 fully saturated rings. The average Bonchev–Trinajstić information content (AvgIpc) is 3.14. The van der Waals surface area contributed by atoms with Gasteiger partial charge in [-0.2, -0.15) is 0 Å². The van der Waals surface area contributed by atoms with Gasteiger partial charge in [0.05, 0.1) is 13.0 Å². The first-order valence-corrected chi connectivity index (χ1v) is 7.28. The van der Waals surface area contributed by atoms with Crippen molar-refractivity contribution in [3.05, 3.63) is 30.5 Å². The van der Waals surface area contributed by atoms with Gasteiger partial charge < -0.3 is 19.9 Å². The smallest absolute Gasteiger partial charge is 0.242 e. The van der Waals surface area contributed by atoms with Crippen molar-refractivity contribution in [1.29, 1.82) is 0 Å². The van der Waals surface area contributed by atoms with E-state index in [1.54, 1.807) is 12.0 Å². The Kier molecular flexibility index (Phi) is 3.75. The molecule has 2 N–H and O–H groups in total. The lowest BCUT2D eigenvalue weighted by atomic mass is 10.1. The molecule has 0 unspecified atom stereocenters. The molecule has 2 heterocycles. The van der Waals surface area contributed by atoms with Crippen molar-refractivity contribution in [2.75, 3.05) is 20.2 Å². The third kappa shape index (κ3) is 2.64. The van der Waals surface area contributed by atoms with Gasteiger partial charge in [0.15, 0.2) is 0 Å². The van der Waals surface area contributed by atoms with Crippen molar-refractivity contribution in [3.8, 4) is 5.75 Å². The van der Waals surface area contributed by atoms with Crippen molar-refractivity contribution in [2.24, 2.45) is 11.7 Å². The van der Waals surface area contributed by atoms with Crippen LogP contribution < -0.4 is 10.5 Å². The normalized spacial score (nSPS) is 17.9. The van der Waals surface area contributed by atoms with Gasteiger partial charge in [-0.15, -0.1) is 0 Å². The number of likely N-dealkylation sites (tertiary alicyclic amines) is 1. The Morgan fingerprint density at radius 3 is 2.86 bits per heavy atom. The molecule has 22 heavy (non-hydrogen) atoms. The topological polar surface area (TPSA) is 77.6 Å². The van der Waals surface area contributed by atoms with Crippen LogP contribution in [0, 0.1) is 5.92 Å². The van der Waals surface area contributed by atoms with E-state index in [9.17, 15) is 9.59 Å². The van der Waals surface area contributed by atoms with Crippen molar-refractivity contribution >= 4 is 22.7 Å². The second-order valence-electron chi connectivity index (χ2n) is 5.60. The Bertz CT molecular complexity index is 722. The summed E-state index contributed by atoms with van der Waals surface area (Å²) < 4.78 is 7.11. The number of fused-ring (bicyclic) bond motifs is 1. The Morgan fingerprint density at radius 1 is 1.36 bits per heavy atom. The number of primary amides is 1. The lowest BCUT2D eigenvalue weighted by molar-refractivity contribution is -0.131. The van der Waals surface area contributed by atoms with Crippen LogP contribution in [0.25, 0.3) is 10.9 Å². The lowest BCUT2D eigenvalue weighted by Gasteiger charge is -2.16. The summed E-state index contributed by atoms with van der Waals surface area (Å²) in [5, 5.41) is 1.03. The molecule has 3 rings (SSSR count). The molecule has 0 bridgehead atoms. The number of carbonyl (C=O) groups is 2. The molecule has 0 aliphatic carbocycles. The Balaban J connectivity index is 1.73. The van der Waals surface area contributed by atoms with Crippen LogP contribution in [0.5, 0.6) is 5.75 Å². The molecule has 1 saturated heterocycles. The molecule has 0 spiro atoms. The number of benzene rings is 1. The van der Waals surface area contributed by atoms with Gasteiger partial charge in [0.2, 0.25) is 11.8 Å². The molecule has 6 nitrogen and oxygen atoms in total. The average molecular weight is 301 g/mol. The number of nitrogens with two attached hydrogens (primary N) is 1. The van der Waals surface area contributed by atoms with E-state index in [2.05, 4.69) is 0 Å². The third-order valence-electron chi connectivity index (χ3n) is 4.23. The van der Waals surface area contributed by atoms with Crippen LogP contribution in [0.3, 0.4) is 0 Å². The summed E-state index contributed by atoms with van der Waals surface area (Å²) in [6.07, 6.45) is 2.55. The predicted molar refractivity (Wildman–Crippen MR) is 82.4 cm³/mol. The summed E-state index contributed by atoms with van der Waals surface area (Å²) >= 11 is 0. The maximum absolute atomic E-state index is 12.4. The molecule has 2 amide bonds. The molecule has 0 radical (unpaired) electrons. The first kappa shape index (κ1) is 14.4. The summed E-state index contributed by atoms with van der Waals surface area (Å²) in [4.78, 5) is 25.3. The monoisotopic (exact) mass is 301 g/mol. The standard InChI is InChI=1S/C16H19N3O3/c1-22-13-2-3-14-11(8-13)4-6-18(14)10-15(20)19-7-5-12(9-19)16(17)21/h2-4,6,8,12H,5,7,9-10H2,1H3,(H2,17,21)/t12-/m0/s1. The molecule has 1 aromatic heterocycles. The maximum Gasteiger partial charge on any atom is 0.242 e. The van der Waals surface area contributed by atoms with Crippen LogP contribution in [-0.4, -0.2) is 41.5 Å². The molecule has 2 aromatic rings. The molecule has 0 saturated carbocycles. The van der Waals surface area contributed by atoms with Gasteiger partial charge in [-0.1, -0.05) is 0 Å². The largest absolute Gasteiger partial charge is 0.497 e. The van der Waals surface area contributed by atoms with Gasteiger partial charge >= 0.3 is 0 Å². The van der Waals surface area contributed by atoms with E-state index in [0.29, 0.717) is 19.5 Å². The van der Waals surface area contributed by atoms with E-state index >= 15 is 0 Å². The minimum atomic E-state index is -0.325. The van der Waals surface area contributed by atoms with Gasteiger partial charge in [-0.25, -0.2) is 0 Å². The van der Waals surface area contributed by atoms with Crippen molar-refractivity contribution in [2.45, 2.75) is 13.0 Å². The molecule has 116 valence electrons. The molecule has 6 heteroatoms. The van der Waals surface area contributed by atoms with Crippen molar-refractivity contribution < 1.29 is 14.3 Å². The second kappa shape index (κ2) is 5.71. The molecule has 1 aromatic carbocycles. The summed E-state index contributed by atoms with van der Waals surface area (Å²) in [7, 11) is 1.63. The minimum Gasteiger partial charge on any atom is -0.497 e. The lowest BCUT2D eigenvalue weighted by Crippen LogP contribution is -2.33. The molecular weight excluding hydrogens is 282 g/mol. The van der Waals surface area contributed by atoms with Crippen molar-refractivity contribution in [3.63, 3.8) is 0 Å². The zero-order valence-electron chi connectivity index (χ0n) is 12.5. The number of ether oxygens (including phenoxy) is 1.